The van der Waals surface area contributed by atoms with Gasteiger partial charge in [-0.3, -0.25) is 5.32 Å². The molecule has 2 rings (SSSR count). The number of halogens is 1. The SMILES string of the molecule is Cc1coc(NC(=S)Nc2c(C)cccc2Cl)n1. The number of para-hydroxylation sites is 1. The van der Waals surface area contributed by atoms with Gasteiger partial charge in [0.2, 0.25) is 0 Å². The number of thiocarbonyl (C=S) groups is 1. The van der Waals surface area contributed by atoms with E-state index < -0.39 is 0 Å². The highest BCUT2D eigenvalue weighted by atomic mass is 35.5. The van der Waals surface area contributed by atoms with Crippen LogP contribution in [0.5, 0.6) is 0 Å². The predicted molar refractivity (Wildman–Crippen MR) is 77.3 cm³/mol. The summed E-state index contributed by atoms with van der Waals surface area (Å²) in [4.78, 5) is 4.10. The van der Waals surface area contributed by atoms with Crippen LogP contribution in [0.15, 0.2) is 28.9 Å². The summed E-state index contributed by atoms with van der Waals surface area (Å²) >= 11 is 11.3. The second-order valence-electron chi connectivity index (χ2n) is 3.80. The van der Waals surface area contributed by atoms with Crippen LogP contribution in [0, 0.1) is 13.8 Å². The molecule has 0 spiro atoms. The number of nitrogens with one attached hydrogen (secondary N) is 2. The standard InChI is InChI=1S/C12H12ClN3OS/c1-7-4-3-5-9(13)10(7)15-12(18)16-11-14-8(2)6-17-11/h3-6H,1-2H3,(H2,14,15,16,18). The molecular formula is C12H12ClN3OS. The van der Waals surface area contributed by atoms with Crippen molar-refractivity contribution in [2.24, 2.45) is 0 Å². The number of oxazole rings is 1. The number of benzene rings is 1. The summed E-state index contributed by atoms with van der Waals surface area (Å²) in [5.41, 5.74) is 2.57. The van der Waals surface area contributed by atoms with Crippen molar-refractivity contribution in [2.75, 3.05) is 10.6 Å². The minimum atomic E-state index is 0.356. The summed E-state index contributed by atoms with van der Waals surface area (Å²) in [7, 11) is 0. The van der Waals surface area contributed by atoms with E-state index in [0.29, 0.717) is 16.1 Å². The van der Waals surface area contributed by atoms with Gasteiger partial charge in [0.1, 0.15) is 6.26 Å². The average molecular weight is 282 g/mol. The Labute approximate surface area is 115 Å². The molecule has 0 aliphatic rings. The third kappa shape index (κ3) is 3.00. The van der Waals surface area contributed by atoms with E-state index in [4.69, 9.17) is 28.2 Å². The summed E-state index contributed by atoms with van der Waals surface area (Å²) in [5, 5.41) is 6.87. The molecule has 0 saturated heterocycles. The van der Waals surface area contributed by atoms with E-state index in [0.717, 1.165) is 16.9 Å². The third-order valence-electron chi connectivity index (χ3n) is 2.30. The smallest absolute Gasteiger partial charge is 0.301 e. The molecule has 18 heavy (non-hydrogen) atoms. The maximum atomic E-state index is 6.09. The van der Waals surface area contributed by atoms with E-state index in [2.05, 4.69) is 15.6 Å². The highest BCUT2D eigenvalue weighted by Gasteiger charge is 2.07. The number of aromatic nitrogens is 1. The first kappa shape index (κ1) is 12.9. The van der Waals surface area contributed by atoms with Crippen molar-refractivity contribution < 1.29 is 4.42 Å². The Morgan fingerprint density at radius 3 is 2.72 bits per heavy atom. The average Bonchev–Trinajstić information content (AvgIpc) is 2.69. The highest BCUT2D eigenvalue weighted by Crippen LogP contribution is 2.25. The maximum absolute atomic E-state index is 6.09. The molecule has 2 N–H and O–H groups in total. The van der Waals surface area contributed by atoms with Gasteiger partial charge in [0, 0.05) is 0 Å². The maximum Gasteiger partial charge on any atom is 0.301 e. The molecule has 1 aromatic heterocycles. The number of aryl methyl sites for hydroxylation is 2. The van der Waals surface area contributed by atoms with Crippen LogP contribution in [-0.2, 0) is 0 Å². The lowest BCUT2D eigenvalue weighted by Gasteiger charge is -2.11. The molecule has 2 aromatic rings. The van der Waals surface area contributed by atoms with E-state index in [1.54, 1.807) is 12.3 Å². The van der Waals surface area contributed by atoms with Gasteiger partial charge in [0.15, 0.2) is 5.11 Å². The monoisotopic (exact) mass is 281 g/mol. The number of nitrogens with zero attached hydrogens (tertiary/aromatic N) is 1. The van der Waals surface area contributed by atoms with E-state index in [9.17, 15) is 0 Å². The summed E-state index contributed by atoms with van der Waals surface area (Å²) < 4.78 is 5.15. The van der Waals surface area contributed by atoms with Gasteiger partial charge in [-0.1, -0.05) is 23.7 Å². The molecular weight excluding hydrogens is 270 g/mol. The van der Waals surface area contributed by atoms with Crippen LogP contribution in [0.4, 0.5) is 11.7 Å². The van der Waals surface area contributed by atoms with Gasteiger partial charge in [-0.05, 0) is 37.7 Å². The third-order valence-corrected chi connectivity index (χ3v) is 2.82. The van der Waals surface area contributed by atoms with Crippen LogP contribution in [0.1, 0.15) is 11.3 Å². The molecule has 0 aliphatic carbocycles. The van der Waals surface area contributed by atoms with Gasteiger partial charge < -0.3 is 9.73 Å². The Balaban J connectivity index is 2.08. The fourth-order valence-electron chi connectivity index (χ4n) is 1.44. The Kier molecular flexibility index (Phi) is 3.84. The Morgan fingerprint density at radius 2 is 2.11 bits per heavy atom. The fourth-order valence-corrected chi connectivity index (χ4v) is 1.90. The largest absolute Gasteiger partial charge is 0.432 e. The molecule has 0 bridgehead atoms. The Bertz CT molecular complexity index is 562. The summed E-state index contributed by atoms with van der Waals surface area (Å²) in [6, 6.07) is 5.99. The van der Waals surface area contributed by atoms with Crippen molar-refractivity contribution in [1.29, 1.82) is 0 Å². The van der Waals surface area contributed by atoms with Crippen LogP contribution in [0.3, 0.4) is 0 Å². The predicted octanol–water partition coefficient (Wildman–Crippen LogP) is 3.75. The van der Waals surface area contributed by atoms with Crippen LogP contribution in [0.25, 0.3) is 0 Å². The fraction of sp³-hybridized carbons (Fsp3) is 0.167. The molecule has 0 aliphatic heterocycles. The van der Waals surface area contributed by atoms with Crippen molar-refractivity contribution in [3.05, 3.63) is 40.7 Å². The van der Waals surface area contributed by atoms with Gasteiger partial charge in [-0.15, -0.1) is 0 Å². The second kappa shape index (κ2) is 5.37. The number of anilines is 2. The molecule has 0 atom stereocenters. The molecule has 0 amide bonds. The van der Waals surface area contributed by atoms with Crippen LogP contribution >= 0.6 is 23.8 Å². The molecule has 0 saturated carbocycles. The minimum Gasteiger partial charge on any atom is -0.432 e. The molecule has 0 radical (unpaired) electrons. The number of rotatable bonds is 2. The first-order valence-corrected chi connectivity index (χ1v) is 6.10. The summed E-state index contributed by atoms with van der Waals surface area (Å²) in [5.74, 6) is 0. The molecule has 0 fully saturated rings. The van der Waals surface area contributed by atoms with Gasteiger partial charge in [-0.25, -0.2) is 0 Å². The molecule has 94 valence electrons. The van der Waals surface area contributed by atoms with Crippen molar-refractivity contribution in [3.63, 3.8) is 0 Å². The second-order valence-corrected chi connectivity index (χ2v) is 4.62. The normalized spacial score (nSPS) is 10.2. The van der Waals surface area contributed by atoms with E-state index in [1.165, 1.54) is 0 Å². The van der Waals surface area contributed by atoms with Crippen molar-refractivity contribution in [3.8, 4) is 0 Å². The highest BCUT2D eigenvalue weighted by molar-refractivity contribution is 7.80. The summed E-state index contributed by atoms with van der Waals surface area (Å²) in [6.07, 6.45) is 1.55. The van der Waals surface area contributed by atoms with Crippen LogP contribution in [0.2, 0.25) is 5.02 Å². The van der Waals surface area contributed by atoms with Gasteiger partial charge in [0.25, 0.3) is 0 Å². The zero-order chi connectivity index (χ0) is 13.1. The molecule has 6 heteroatoms. The van der Waals surface area contributed by atoms with Crippen molar-refractivity contribution >= 4 is 40.6 Å². The van der Waals surface area contributed by atoms with Crippen LogP contribution in [-0.4, -0.2) is 10.1 Å². The summed E-state index contributed by atoms with van der Waals surface area (Å²) in [6.45, 7) is 3.79. The lowest BCUT2D eigenvalue weighted by atomic mass is 10.2. The lowest BCUT2D eigenvalue weighted by Crippen LogP contribution is -2.20. The lowest BCUT2D eigenvalue weighted by molar-refractivity contribution is 0.578. The van der Waals surface area contributed by atoms with Gasteiger partial charge in [-0.2, -0.15) is 4.98 Å². The van der Waals surface area contributed by atoms with Gasteiger partial charge >= 0.3 is 6.01 Å². The van der Waals surface area contributed by atoms with E-state index in [-0.39, 0.29) is 0 Å². The van der Waals surface area contributed by atoms with Gasteiger partial charge in [0.05, 0.1) is 16.4 Å². The zero-order valence-electron chi connectivity index (χ0n) is 9.95. The first-order chi connectivity index (χ1) is 8.56. The van der Waals surface area contributed by atoms with Crippen molar-refractivity contribution in [1.82, 2.24) is 4.98 Å². The Morgan fingerprint density at radius 1 is 1.33 bits per heavy atom. The quantitative estimate of drug-likeness (QED) is 0.821. The van der Waals surface area contributed by atoms with E-state index in [1.807, 2.05) is 26.0 Å². The topological polar surface area (TPSA) is 50.1 Å². The zero-order valence-corrected chi connectivity index (χ0v) is 11.5. The van der Waals surface area contributed by atoms with Crippen LogP contribution < -0.4 is 10.6 Å². The van der Waals surface area contributed by atoms with E-state index >= 15 is 0 Å². The molecule has 4 nitrogen and oxygen atoms in total. The number of hydrogen-bond acceptors (Lipinski definition) is 3. The molecule has 1 heterocycles. The molecule has 0 unspecified atom stereocenters. The minimum absolute atomic E-state index is 0.356. The Hall–Kier alpha value is -1.59. The first-order valence-electron chi connectivity index (χ1n) is 5.31. The molecule has 1 aromatic carbocycles. The number of hydrogen-bond donors (Lipinski definition) is 2. The van der Waals surface area contributed by atoms with Crippen molar-refractivity contribution in [2.45, 2.75) is 13.8 Å².